The molecule has 1 aromatic rings. The Morgan fingerprint density at radius 2 is 2.04 bits per heavy atom. The van der Waals surface area contributed by atoms with Crippen LogP contribution < -0.4 is 10.5 Å². The molecule has 5 heteroatoms. The minimum absolute atomic E-state index is 0. The number of para-hydroxylation sites is 1. The SMILES string of the molecule is CC(CCOc1ccccc1)C(=O)N1CCC(N)C(C)(C)C1.Cl. The van der Waals surface area contributed by atoms with Crippen molar-refractivity contribution >= 4 is 18.3 Å². The number of amides is 1. The van der Waals surface area contributed by atoms with E-state index in [1.54, 1.807) is 0 Å². The molecular formula is C18H29ClN2O2. The van der Waals surface area contributed by atoms with E-state index >= 15 is 0 Å². The van der Waals surface area contributed by atoms with Crippen LogP contribution in [0, 0.1) is 11.3 Å². The van der Waals surface area contributed by atoms with Crippen LogP contribution in [0.5, 0.6) is 5.75 Å². The highest BCUT2D eigenvalue weighted by atomic mass is 35.5. The van der Waals surface area contributed by atoms with Gasteiger partial charge in [-0.2, -0.15) is 0 Å². The van der Waals surface area contributed by atoms with Crippen molar-refractivity contribution in [2.45, 2.75) is 39.7 Å². The van der Waals surface area contributed by atoms with Crippen molar-refractivity contribution in [1.82, 2.24) is 4.90 Å². The van der Waals surface area contributed by atoms with Crippen LogP contribution in [0.3, 0.4) is 0 Å². The molecule has 1 amide bonds. The molecule has 2 unspecified atom stereocenters. The van der Waals surface area contributed by atoms with Gasteiger partial charge in [-0.1, -0.05) is 39.0 Å². The molecule has 0 aliphatic carbocycles. The van der Waals surface area contributed by atoms with Gasteiger partial charge in [-0.3, -0.25) is 4.79 Å². The zero-order chi connectivity index (χ0) is 16.2. The van der Waals surface area contributed by atoms with Gasteiger partial charge in [0.25, 0.3) is 0 Å². The molecule has 0 bridgehead atoms. The average Bonchev–Trinajstić information content (AvgIpc) is 2.50. The zero-order valence-electron chi connectivity index (χ0n) is 14.3. The van der Waals surface area contributed by atoms with Gasteiger partial charge in [-0.05, 0) is 30.4 Å². The average molecular weight is 341 g/mol. The summed E-state index contributed by atoms with van der Waals surface area (Å²) in [5, 5.41) is 0. The van der Waals surface area contributed by atoms with E-state index in [0.717, 1.165) is 31.7 Å². The Morgan fingerprint density at radius 1 is 1.39 bits per heavy atom. The number of ether oxygens (including phenoxy) is 1. The first kappa shape index (κ1) is 19.8. The molecule has 1 fully saturated rings. The fourth-order valence-electron chi connectivity index (χ4n) is 2.87. The number of carbonyl (C=O) groups is 1. The molecule has 1 aromatic carbocycles. The number of carbonyl (C=O) groups excluding carboxylic acids is 1. The first-order valence-corrected chi connectivity index (χ1v) is 8.12. The van der Waals surface area contributed by atoms with Gasteiger partial charge in [0.1, 0.15) is 5.75 Å². The summed E-state index contributed by atoms with van der Waals surface area (Å²) < 4.78 is 5.68. The number of likely N-dealkylation sites (tertiary alicyclic amines) is 1. The van der Waals surface area contributed by atoms with E-state index in [1.165, 1.54) is 0 Å². The summed E-state index contributed by atoms with van der Waals surface area (Å²) in [5.41, 5.74) is 6.13. The van der Waals surface area contributed by atoms with Gasteiger partial charge in [0.2, 0.25) is 5.91 Å². The highest BCUT2D eigenvalue weighted by molar-refractivity contribution is 5.85. The topological polar surface area (TPSA) is 55.6 Å². The quantitative estimate of drug-likeness (QED) is 0.896. The first-order chi connectivity index (χ1) is 10.4. The van der Waals surface area contributed by atoms with Crippen LogP contribution in [0.25, 0.3) is 0 Å². The Balaban J connectivity index is 0.00000264. The maximum Gasteiger partial charge on any atom is 0.225 e. The van der Waals surface area contributed by atoms with Gasteiger partial charge in [0, 0.05) is 25.0 Å². The van der Waals surface area contributed by atoms with Crippen LogP contribution in [-0.4, -0.2) is 36.5 Å². The summed E-state index contributed by atoms with van der Waals surface area (Å²) in [5.74, 6) is 1.05. The molecular weight excluding hydrogens is 312 g/mol. The maximum atomic E-state index is 12.6. The Kier molecular flexibility index (Phi) is 7.36. The van der Waals surface area contributed by atoms with Gasteiger partial charge in [-0.15, -0.1) is 12.4 Å². The number of hydrogen-bond acceptors (Lipinski definition) is 3. The summed E-state index contributed by atoms with van der Waals surface area (Å²) in [4.78, 5) is 14.5. The van der Waals surface area contributed by atoms with Crippen LogP contribution in [0.15, 0.2) is 30.3 Å². The van der Waals surface area contributed by atoms with Gasteiger partial charge in [0.15, 0.2) is 0 Å². The number of halogens is 1. The zero-order valence-corrected chi connectivity index (χ0v) is 15.1. The molecule has 2 rings (SSSR count). The number of hydrogen-bond donors (Lipinski definition) is 1. The molecule has 1 heterocycles. The van der Waals surface area contributed by atoms with E-state index in [-0.39, 0.29) is 35.7 Å². The highest BCUT2D eigenvalue weighted by Gasteiger charge is 2.36. The number of nitrogens with zero attached hydrogens (tertiary/aromatic N) is 1. The smallest absolute Gasteiger partial charge is 0.225 e. The summed E-state index contributed by atoms with van der Waals surface area (Å²) in [7, 11) is 0. The Hall–Kier alpha value is -1.26. The predicted molar refractivity (Wildman–Crippen MR) is 95.9 cm³/mol. The van der Waals surface area contributed by atoms with Gasteiger partial charge >= 0.3 is 0 Å². The largest absolute Gasteiger partial charge is 0.494 e. The number of rotatable bonds is 5. The number of nitrogens with two attached hydrogens (primary N) is 1. The molecule has 0 saturated carbocycles. The van der Waals surface area contributed by atoms with E-state index in [9.17, 15) is 4.79 Å². The van der Waals surface area contributed by atoms with Crippen molar-refractivity contribution in [2.24, 2.45) is 17.1 Å². The first-order valence-electron chi connectivity index (χ1n) is 8.12. The summed E-state index contributed by atoms with van der Waals surface area (Å²) in [6, 6.07) is 9.89. The van der Waals surface area contributed by atoms with E-state index in [4.69, 9.17) is 10.5 Å². The lowest BCUT2D eigenvalue weighted by molar-refractivity contribution is -0.138. The van der Waals surface area contributed by atoms with E-state index in [1.807, 2.05) is 42.2 Å². The molecule has 4 nitrogen and oxygen atoms in total. The fourth-order valence-corrected chi connectivity index (χ4v) is 2.87. The van der Waals surface area contributed by atoms with Crippen molar-refractivity contribution in [3.8, 4) is 5.75 Å². The number of benzene rings is 1. The Bertz CT molecular complexity index is 493. The van der Waals surface area contributed by atoms with Crippen LogP contribution in [0.1, 0.15) is 33.6 Å². The lowest BCUT2D eigenvalue weighted by Gasteiger charge is -2.43. The Labute approximate surface area is 145 Å². The van der Waals surface area contributed by atoms with Crippen LogP contribution >= 0.6 is 12.4 Å². The molecule has 1 saturated heterocycles. The molecule has 130 valence electrons. The molecule has 0 spiro atoms. The van der Waals surface area contributed by atoms with Crippen molar-refractivity contribution in [2.75, 3.05) is 19.7 Å². The van der Waals surface area contributed by atoms with Crippen LogP contribution in [-0.2, 0) is 4.79 Å². The third-order valence-electron chi connectivity index (χ3n) is 4.61. The highest BCUT2D eigenvalue weighted by Crippen LogP contribution is 2.28. The minimum atomic E-state index is -0.0196. The maximum absolute atomic E-state index is 12.6. The number of piperidine rings is 1. The molecule has 0 radical (unpaired) electrons. The van der Waals surface area contributed by atoms with Crippen LogP contribution in [0.2, 0.25) is 0 Å². The summed E-state index contributed by atoms with van der Waals surface area (Å²) in [6.07, 6.45) is 1.61. The van der Waals surface area contributed by atoms with Crippen molar-refractivity contribution in [3.63, 3.8) is 0 Å². The van der Waals surface area contributed by atoms with Crippen molar-refractivity contribution in [1.29, 1.82) is 0 Å². The summed E-state index contributed by atoms with van der Waals surface area (Å²) >= 11 is 0. The van der Waals surface area contributed by atoms with E-state index < -0.39 is 0 Å². The fraction of sp³-hybridized carbons (Fsp3) is 0.611. The standard InChI is InChI=1S/C18H28N2O2.ClH/c1-14(10-12-22-15-7-5-4-6-8-15)17(21)20-11-9-16(19)18(2,3)13-20;/h4-8,14,16H,9-13,19H2,1-3H3;1H. The van der Waals surface area contributed by atoms with Gasteiger partial charge in [0.05, 0.1) is 6.61 Å². The third-order valence-corrected chi connectivity index (χ3v) is 4.61. The van der Waals surface area contributed by atoms with Gasteiger partial charge in [-0.25, -0.2) is 0 Å². The van der Waals surface area contributed by atoms with Gasteiger partial charge < -0.3 is 15.4 Å². The second kappa shape index (κ2) is 8.55. The molecule has 0 aromatic heterocycles. The molecule has 1 aliphatic heterocycles. The predicted octanol–water partition coefficient (Wildman–Crippen LogP) is 3.10. The molecule has 1 aliphatic rings. The van der Waals surface area contributed by atoms with Crippen molar-refractivity contribution in [3.05, 3.63) is 30.3 Å². The summed E-state index contributed by atoms with van der Waals surface area (Å²) in [6.45, 7) is 8.34. The normalized spacial score (nSPS) is 21.2. The second-order valence-electron chi connectivity index (χ2n) is 6.99. The Morgan fingerprint density at radius 3 is 2.65 bits per heavy atom. The lowest BCUT2D eigenvalue weighted by atomic mass is 9.79. The monoisotopic (exact) mass is 340 g/mol. The lowest BCUT2D eigenvalue weighted by Crippen LogP contribution is -2.54. The molecule has 2 atom stereocenters. The third kappa shape index (κ3) is 5.40. The van der Waals surface area contributed by atoms with Crippen LogP contribution in [0.4, 0.5) is 0 Å². The second-order valence-corrected chi connectivity index (χ2v) is 6.99. The van der Waals surface area contributed by atoms with E-state index in [0.29, 0.717) is 6.61 Å². The van der Waals surface area contributed by atoms with Crippen molar-refractivity contribution < 1.29 is 9.53 Å². The van der Waals surface area contributed by atoms with E-state index in [2.05, 4.69) is 13.8 Å². The minimum Gasteiger partial charge on any atom is -0.494 e. The molecule has 2 N–H and O–H groups in total. The molecule has 23 heavy (non-hydrogen) atoms.